The van der Waals surface area contributed by atoms with E-state index in [9.17, 15) is 4.39 Å². The van der Waals surface area contributed by atoms with Crippen molar-refractivity contribution in [2.75, 3.05) is 6.54 Å². The normalized spacial score (nSPS) is 10.7. The zero-order valence-electron chi connectivity index (χ0n) is 9.13. The van der Waals surface area contributed by atoms with Gasteiger partial charge in [0.25, 0.3) is 0 Å². The van der Waals surface area contributed by atoms with E-state index in [0.717, 1.165) is 23.4 Å². The molecule has 0 saturated heterocycles. The highest BCUT2D eigenvalue weighted by atomic mass is 19.1. The molecule has 0 aliphatic carbocycles. The topological polar surface area (TPSA) is 54.7 Å². The van der Waals surface area contributed by atoms with E-state index in [-0.39, 0.29) is 5.82 Å². The van der Waals surface area contributed by atoms with Crippen LogP contribution in [0.15, 0.2) is 24.3 Å². The van der Waals surface area contributed by atoms with E-state index in [4.69, 9.17) is 5.73 Å². The van der Waals surface area contributed by atoms with Crippen molar-refractivity contribution >= 4 is 0 Å². The fourth-order valence-corrected chi connectivity index (χ4v) is 1.65. The van der Waals surface area contributed by atoms with E-state index in [1.54, 1.807) is 6.07 Å². The van der Waals surface area contributed by atoms with Gasteiger partial charge >= 0.3 is 0 Å². The number of benzene rings is 1. The summed E-state index contributed by atoms with van der Waals surface area (Å²) >= 11 is 0. The minimum atomic E-state index is -0.257. The van der Waals surface area contributed by atoms with Gasteiger partial charge in [-0.05, 0) is 25.6 Å². The number of hydrogen-bond donors (Lipinski definition) is 2. The lowest BCUT2D eigenvalue weighted by atomic mass is 10.2. The molecule has 3 N–H and O–H groups in total. The summed E-state index contributed by atoms with van der Waals surface area (Å²) in [6.07, 6.45) is 0.734. The zero-order chi connectivity index (χ0) is 11.5. The molecule has 4 heteroatoms. The van der Waals surface area contributed by atoms with Crippen molar-refractivity contribution in [3.05, 3.63) is 41.5 Å². The van der Waals surface area contributed by atoms with E-state index in [2.05, 4.69) is 9.97 Å². The van der Waals surface area contributed by atoms with Gasteiger partial charge < -0.3 is 10.7 Å². The number of nitrogens with two attached hydrogens (primary N) is 1. The van der Waals surface area contributed by atoms with Crippen LogP contribution in [0, 0.1) is 12.7 Å². The van der Waals surface area contributed by atoms with Gasteiger partial charge in [0, 0.05) is 17.7 Å². The molecule has 1 aromatic heterocycles. The Hall–Kier alpha value is -1.68. The van der Waals surface area contributed by atoms with Crippen LogP contribution in [0.25, 0.3) is 11.4 Å². The second-order valence-electron chi connectivity index (χ2n) is 3.71. The maximum atomic E-state index is 13.0. The summed E-state index contributed by atoms with van der Waals surface area (Å²) in [5.41, 5.74) is 8.18. The number of aromatic nitrogens is 2. The standard InChI is InChI=1S/C12H14FN3/c1-8-11(5-6-14)16-12(15-8)9-3-2-4-10(13)7-9/h2-4,7H,5-6,14H2,1H3,(H,15,16). The van der Waals surface area contributed by atoms with Gasteiger partial charge in [-0.2, -0.15) is 0 Å². The minimum Gasteiger partial charge on any atom is -0.342 e. The lowest BCUT2D eigenvalue weighted by Gasteiger charge is -1.95. The van der Waals surface area contributed by atoms with Crippen molar-refractivity contribution in [3.8, 4) is 11.4 Å². The summed E-state index contributed by atoms with van der Waals surface area (Å²) in [6, 6.07) is 6.38. The monoisotopic (exact) mass is 219 g/mol. The lowest BCUT2D eigenvalue weighted by molar-refractivity contribution is 0.628. The van der Waals surface area contributed by atoms with Gasteiger partial charge in [-0.1, -0.05) is 12.1 Å². The molecule has 0 saturated carbocycles. The molecular formula is C12H14FN3. The predicted octanol–water partition coefficient (Wildman–Crippen LogP) is 2.03. The molecule has 0 fully saturated rings. The van der Waals surface area contributed by atoms with Crippen molar-refractivity contribution < 1.29 is 4.39 Å². The Morgan fingerprint density at radius 2 is 2.25 bits per heavy atom. The van der Waals surface area contributed by atoms with Gasteiger partial charge in [0.1, 0.15) is 11.6 Å². The Morgan fingerprint density at radius 1 is 1.44 bits per heavy atom. The maximum absolute atomic E-state index is 13.0. The molecule has 0 amide bonds. The second-order valence-corrected chi connectivity index (χ2v) is 3.71. The number of H-pyrrole nitrogens is 1. The molecule has 16 heavy (non-hydrogen) atoms. The molecule has 1 aromatic carbocycles. The molecule has 0 atom stereocenters. The number of imidazole rings is 1. The van der Waals surface area contributed by atoms with Crippen LogP contribution >= 0.6 is 0 Å². The van der Waals surface area contributed by atoms with Gasteiger partial charge in [-0.15, -0.1) is 0 Å². The highest BCUT2D eigenvalue weighted by Gasteiger charge is 2.08. The van der Waals surface area contributed by atoms with Crippen LogP contribution in [0.2, 0.25) is 0 Å². The van der Waals surface area contributed by atoms with Gasteiger partial charge in [-0.3, -0.25) is 0 Å². The Kier molecular flexibility index (Phi) is 3.01. The summed E-state index contributed by atoms with van der Waals surface area (Å²) in [5, 5.41) is 0. The van der Waals surface area contributed by atoms with E-state index >= 15 is 0 Å². The molecule has 0 spiro atoms. The molecule has 0 unspecified atom stereocenters. The fourth-order valence-electron chi connectivity index (χ4n) is 1.65. The summed E-state index contributed by atoms with van der Waals surface area (Å²) in [6.45, 7) is 2.51. The third kappa shape index (κ3) is 2.12. The van der Waals surface area contributed by atoms with E-state index in [0.29, 0.717) is 12.4 Å². The van der Waals surface area contributed by atoms with Crippen molar-refractivity contribution in [1.82, 2.24) is 9.97 Å². The van der Waals surface area contributed by atoms with Crippen LogP contribution < -0.4 is 5.73 Å². The van der Waals surface area contributed by atoms with E-state index < -0.39 is 0 Å². The Balaban J connectivity index is 2.37. The fraction of sp³-hybridized carbons (Fsp3) is 0.250. The molecule has 3 nitrogen and oxygen atoms in total. The summed E-state index contributed by atoms with van der Waals surface area (Å²) in [4.78, 5) is 7.55. The summed E-state index contributed by atoms with van der Waals surface area (Å²) in [7, 11) is 0. The maximum Gasteiger partial charge on any atom is 0.137 e. The lowest BCUT2D eigenvalue weighted by Crippen LogP contribution is -2.03. The van der Waals surface area contributed by atoms with Crippen LogP contribution in [0.3, 0.4) is 0 Å². The van der Waals surface area contributed by atoms with Crippen LogP contribution in [-0.4, -0.2) is 16.5 Å². The molecule has 2 rings (SSSR count). The number of hydrogen-bond acceptors (Lipinski definition) is 2. The van der Waals surface area contributed by atoms with Gasteiger partial charge in [0.15, 0.2) is 0 Å². The number of aryl methyl sites for hydroxylation is 1. The first kappa shape index (κ1) is 10.8. The van der Waals surface area contributed by atoms with Crippen LogP contribution in [0.5, 0.6) is 0 Å². The van der Waals surface area contributed by atoms with Gasteiger partial charge in [-0.25, -0.2) is 9.37 Å². The Bertz CT molecular complexity index is 491. The first-order chi connectivity index (χ1) is 7.70. The van der Waals surface area contributed by atoms with Crippen molar-refractivity contribution in [2.45, 2.75) is 13.3 Å². The first-order valence-corrected chi connectivity index (χ1v) is 5.22. The quantitative estimate of drug-likeness (QED) is 0.829. The summed E-state index contributed by atoms with van der Waals surface area (Å²) in [5.74, 6) is 0.437. The second kappa shape index (κ2) is 4.45. The third-order valence-electron chi connectivity index (χ3n) is 2.46. The predicted molar refractivity (Wildman–Crippen MR) is 61.5 cm³/mol. The van der Waals surface area contributed by atoms with Crippen molar-refractivity contribution in [1.29, 1.82) is 0 Å². The van der Waals surface area contributed by atoms with Gasteiger partial charge in [0.2, 0.25) is 0 Å². The first-order valence-electron chi connectivity index (χ1n) is 5.22. The average molecular weight is 219 g/mol. The SMILES string of the molecule is Cc1[nH]c(-c2cccc(F)c2)nc1CCN. The number of aromatic amines is 1. The number of halogens is 1. The minimum absolute atomic E-state index is 0.257. The Morgan fingerprint density at radius 3 is 2.94 bits per heavy atom. The average Bonchev–Trinajstić information content (AvgIpc) is 2.61. The number of rotatable bonds is 3. The molecule has 0 aliphatic heterocycles. The van der Waals surface area contributed by atoms with Crippen molar-refractivity contribution in [3.63, 3.8) is 0 Å². The van der Waals surface area contributed by atoms with Gasteiger partial charge in [0.05, 0.1) is 5.69 Å². The highest BCUT2D eigenvalue weighted by molar-refractivity contribution is 5.55. The van der Waals surface area contributed by atoms with E-state index in [1.807, 2.05) is 13.0 Å². The molecular weight excluding hydrogens is 205 g/mol. The largest absolute Gasteiger partial charge is 0.342 e. The molecule has 1 heterocycles. The molecule has 0 radical (unpaired) electrons. The van der Waals surface area contributed by atoms with Crippen LogP contribution in [0.4, 0.5) is 4.39 Å². The highest BCUT2D eigenvalue weighted by Crippen LogP contribution is 2.18. The van der Waals surface area contributed by atoms with Crippen molar-refractivity contribution in [2.24, 2.45) is 5.73 Å². The molecule has 84 valence electrons. The number of nitrogens with zero attached hydrogens (tertiary/aromatic N) is 1. The zero-order valence-corrected chi connectivity index (χ0v) is 9.13. The van der Waals surface area contributed by atoms with E-state index in [1.165, 1.54) is 12.1 Å². The smallest absolute Gasteiger partial charge is 0.137 e. The number of nitrogens with one attached hydrogen (secondary N) is 1. The van der Waals surface area contributed by atoms with Crippen LogP contribution in [-0.2, 0) is 6.42 Å². The van der Waals surface area contributed by atoms with Crippen LogP contribution in [0.1, 0.15) is 11.4 Å². The molecule has 2 aromatic rings. The Labute approximate surface area is 93.5 Å². The third-order valence-corrected chi connectivity index (χ3v) is 2.46. The summed E-state index contributed by atoms with van der Waals surface area (Å²) < 4.78 is 13.0. The molecule has 0 bridgehead atoms. The molecule has 0 aliphatic rings.